The lowest BCUT2D eigenvalue weighted by Gasteiger charge is -2.25. The molecule has 0 aliphatic carbocycles. The highest BCUT2D eigenvalue weighted by Gasteiger charge is 2.43. The summed E-state index contributed by atoms with van der Waals surface area (Å²) in [6, 6.07) is 9.48. The van der Waals surface area contributed by atoms with Gasteiger partial charge in [-0.15, -0.1) is 5.10 Å². The zero-order chi connectivity index (χ0) is 18.0. The van der Waals surface area contributed by atoms with Gasteiger partial charge >= 0.3 is 0 Å². The van der Waals surface area contributed by atoms with E-state index in [1.165, 1.54) is 12.4 Å². The lowest BCUT2D eigenvalue weighted by atomic mass is 10.1. The number of carbonyl (C=O) groups excluding carboxylic acids is 1. The number of nitrogens with one attached hydrogen (secondary N) is 1. The molecule has 0 unspecified atom stereocenters. The van der Waals surface area contributed by atoms with Crippen molar-refractivity contribution in [3.63, 3.8) is 0 Å². The van der Waals surface area contributed by atoms with Crippen LogP contribution in [0.15, 0.2) is 30.3 Å². The van der Waals surface area contributed by atoms with Crippen molar-refractivity contribution < 1.29 is 18.4 Å². The van der Waals surface area contributed by atoms with Crippen molar-refractivity contribution in [1.82, 2.24) is 20.5 Å². The van der Waals surface area contributed by atoms with E-state index < -0.39 is 20.5 Å². The fourth-order valence-corrected chi connectivity index (χ4v) is 3.18. The number of hydroxylamine groups is 1. The van der Waals surface area contributed by atoms with Crippen LogP contribution in [0.2, 0.25) is 0 Å². The molecule has 2 N–H and O–H groups in total. The highest BCUT2D eigenvalue weighted by Crippen LogP contribution is 2.24. The number of sulfone groups is 1. The Morgan fingerprint density at radius 2 is 1.96 bits per heavy atom. The van der Waals surface area contributed by atoms with Crippen LogP contribution in [0.1, 0.15) is 19.0 Å². The number of aryl methyl sites for hydroxylation is 1. The van der Waals surface area contributed by atoms with Crippen molar-refractivity contribution in [1.29, 1.82) is 0 Å². The van der Waals surface area contributed by atoms with E-state index in [1.807, 2.05) is 37.3 Å². The van der Waals surface area contributed by atoms with Crippen LogP contribution < -0.4 is 5.48 Å². The molecule has 24 heavy (non-hydrogen) atoms. The monoisotopic (exact) mass is 352 g/mol. The normalized spacial score (nSPS) is 14.2. The molecule has 130 valence electrons. The summed E-state index contributed by atoms with van der Waals surface area (Å²) in [5.74, 6) is -0.967. The molecule has 1 amide bonds. The number of amides is 1. The Balaban J connectivity index is 2.26. The molecule has 2 aromatic rings. The molecule has 1 aromatic carbocycles. The van der Waals surface area contributed by atoms with E-state index in [2.05, 4.69) is 10.3 Å². The molecule has 0 aliphatic rings. The molecule has 2 rings (SSSR count). The van der Waals surface area contributed by atoms with E-state index >= 15 is 0 Å². The molecular formula is C15H20N4O4S. The van der Waals surface area contributed by atoms with Crippen LogP contribution in [0.25, 0.3) is 11.3 Å². The van der Waals surface area contributed by atoms with E-state index in [1.54, 1.807) is 4.68 Å². The second-order valence-electron chi connectivity index (χ2n) is 5.81. The van der Waals surface area contributed by atoms with Crippen molar-refractivity contribution in [2.24, 2.45) is 0 Å². The second kappa shape index (κ2) is 6.70. The van der Waals surface area contributed by atoms with Crippen molar-refractivity contribution in [2.75, 3.05) is 6.26 Å². The third kappa shape index (κ3) is 3.31. The lowest BCUT2D eigenvalue weighted by Crippen LogP contribution is -2.49. The number of rotatable bonds is 6. The highest BCUT2D eigenvalue weighted by atomic mass is 32.2. The van der Waals surface area contributed by atoms with Gasteiger partial charge < -0.3 is 0 Å². The van der Waals surface area contributed by atoms with Gasteiger partial charge in [0.1, 0.15) is 5.69 Å². The Labute approximate surface area is 140 Å². The van der Waals surface area contributed by atoms with Crippen molar-refractivity contribution >= 4 is 15.7 Å². The van der Waals surface area contributed by atoms with Gasteiger partial charge in [0.25, 0.3) is 5.91 Å². The van der Waals surface area contributed by atoms with Gasteiger partial charge in [-0.2, -0.15) is 0 Å². The number of hydrogen-bond donors (Lipinski definition) is 2. The van der Waals surface area contributed by atoms with E-state index in [4.69, 9.17) is 5.21 Å². The fraction of sp³-hybridized carbons (Fsp3) is 0.400. The van der Waals surface area contributed by atoms with Gasteiger partial charge in [-0.3, -0.25) is 10.0 Å². The van der Waals surface area contributed by atoms with Crippen LogP contribution in [0.3, 0.4) is 0 Å². The Morgan fingerprint density at radius 1 is 1.33 bits per heavy atom. The molecule has 1 heterocycles. The van der Waals surface area contributed by atoms with Crippen LogP contribution in [0.5, 0.6) is 0 Å². The first-order chi connectivity index (χ1) is 11.2. The predicted molar refractivity (Wildman–Crippen MR) is 88.0 cm³/mol. The largest absolute Gasteiger partial charge is 0.289 e. The molecule has 1 aromatic heterocycles. The van der Waals surface area contributed by atoms with Crippen molar-refractivity contribution in [2.45, 2.75) is 31.6 Å². The number of carbonyl (C=O) groups is 1. The van der Waals surface area contributed by atoms with Crippen LogP contribution in [-0.2, 0) is 21.2 Å². The molecule has 0 fully saturated rings. The van der Waals surface area contributed by atoms with Gasteiger partial charge in [0.2, 0.25) is 0 Å². The first-order valence-electron chi connectivity index (χ1n) is 7.30. The van der Waals surface area contributed by atoms with Gasteiger partial charge in [0.05, 0.1) is 5.69 Å². The molecule has 1 atom stereocenters. The van der Waals surface area contributed by atoms with Gasteiger partial charge in [0.15, 0.2) is 14.6 Å². The standard InChI is InChI=1S/C15H20N4O4S/c1-11-13(12-7-5-4-6-8-12)16-18-19(11)10-9-15(2,14(20)17-21)24(3,22)23/h4-8,21H,9-10H2,1-3H3,(H,17,20)/t15-/m1/s1. The lowest BCUT2D eigenvalue weighted by molar-refractivity contribution is -0.131. The van der Waals surface area contributed by atoms with Gasteiger partial charge in [-0.1, -0.05) is 35.5 Å². The average Bonchev–Trinajstić information content (AvgIpc) is 2.92. The Morgan fingerprint density at radius 3 is 2.50 bits per heavy atom. The average molecular weight is 352 g/mol. The smallest absolute Gasteiger partial charge is 0.264 e. The van der Waals surface area contributed by atoms with Crippen LogP contribution >= 0.6 is 0 Å². The van der Waals surface area contributed by atoms with E-state index in [0.717, 1.165) is 17.5 Å². The quantitative estimate of drug-likeness (QED) is 0.591. The number of nitrogens with zero attached hydrogens (tertiary/aromatic N) is 3. The fourth-order valence-electron chi connectivity index (χ4n) is 2.34. The summed E-state index contributed by atoms with van der Waals surface area (Å²) in [6.45, 7) is 3.27. The minimum atomic E-state index is -3.74. The summed E-state index contributed by atoms with van der Waals surface area (Å²) >= 11 is 0. The minimum absolute atomic E-state index is 0.0450. The van der Waals surface area contributed by atoms with Gasteiger partial charge in [-0.05, 0) is 20.3 Å². The van der Waals surface area contributed by atoms with Gasteiger partial charge in [-0.25, -0.2) is 18.6 Å². The Hall–Kier alpha value is -2.26. The number of aromatic nitrogens is 3. The molecule has 8 nitrogen and oxygen atoms in total. The van der Waals surface area contributed by atoms with Crippen molar-refractivity contribution in [3.05, 3.63) is 36.0 Å². The van der Waals surface area contributed by atoms with E-state index in [0.29, 0.717) is 5.69 Å². The van der Waals surface area contributed by atoms with E-state index in [-0.39, 0.29) is 13.0 Å². The first kappa shape index (κ1) is 18.1. The van der Waals surface area contributed by atoms with Crippen molar-refractivity contribution in [3.8, 4) is 11.3 Å². The SMILES string of the molecule is Cc1c(-c2ccccc2)nnn1CC[C@](C)(C(=O)NO)S(C)(=O)=O. The second-order valence-corrected chi connectivity index (χ2v) is 8.25. The maximum absolute atomic E-state index is 12.0. The maximum Gasteiger partial charge on any atom is 0.264 e. The molecule has 0 spiro atoms. The van der Waals surface area contributed by atoms with Crippen LogP contribution in [0, 0.1) is 6.92 Å². The molecular weight excluding hydrogens is 332 g/mol. The molecule has 0 saturated carbocycles. The van der Waals surface area contributed by atoms with E-state index in [9.17, 15) is 13.2 Å². The molecule has 0 saturated heterocycles. The third-order valence-corrected chi connectivity index (χ3v) is 6.26. The topological polar surface area (TPSA) is 114 Å². The third-order valence-electron chi connectivity index (χ3n) is 4.23. The number of hydrogen-bond acceptors (Lipinski definition) is 6. The Kier molecular flexibility index (Phi) is 5.05. The summed E-state index contributed by atoms with van der Waals surface area (Å²) in [6.07, 6.45) is 0.919. The zero-order valence-electron chi connectivity index (χ0n) is 13.7. The molecule has 0 aliphatic heterocycles. The predicted octanol–water partition coefficient (Wildman–Crippen LogP) is 0.952. The molecule has 0 radical (unpaired) electrons. The van der Waals surface area contributed by atoms with Gasteiger partial charge in [0, 0.05) is 18.4 Å². The summed E-state index contributed by atoms with van der Waals surface area (Å²) in [4.78, 5) is 11.8. The van der Waals surface area contributed by atoms with Crippen LogP contribution in [0.4, 0.5) is 0 Å². The Bertz CT molecular complexity index is 832. The first-order valence-corrected chi connectivity index (χ1v) is 9.19. The summed E-state index contributed by atoms with van der Waals surface area (Å²) in [7, 11) is -3.74. The molecule has 0 bridgehead atoms. The zero-order valence-corrected chi connectivity index (χ0v) is 14.5. The summed E-state index contributed by atoms with van der Waals surface area (Å²) in [5, 5.41) is 17.0. The minimum Gasteiger partial charge on any atom is -0.289 e. The summed E-state index contributed by atoms with van der Waals surface area (Å²) < 4.78 is 23.7. The maximum atomic E-state index is 12.0. The number of benzene rings is 1. The van der Waals surface area contributed by atoms with Crippen LogP contribution in [-0.4, -0.2) is 45.5 Å². The summed E-state index contributed by atoms with van der Waals surface area (Å²) in [5.41, 5.74) is 3.80. The highest BCUT2D eigenvalue weighted by molar-refractivity contribution is 7.92. The molecule has 9 heteroatoms.